The maximum absolute atomic E-state index is 12.6. The minimum Gasteiger partial charge on any atom is -0.333 e. The third kappa shape index (κ3) is 6.96. The van der Waals surface area contributed by atoms with Gasteiger partial charge in [0.25, 0.3) is 0 Å². The fraction of sp³-hybridized carbons (Fsp3) is 0.368. The van der Waals surface area contributed by atoms with Gasteiger partial charge in [0.05, 0.1) is 23.0 Å². The van der Waals surface area contributed by atoms with E-state index >= 15 is 0 Å². The molecule has 0 aliphatic carbocycles. The third-order valence-corrected chi connectivity index (χ3v) is 5.05. The Hall–Kier alpha value is -1.83. The van der Waals surface area contributed by atoms with Crippen molar-refractivity contribution in [3.8, 4) is 0 Å². The summed E-state index contributed by atoms with van der Waals surface area (Å²) in [4.78, 5) is 35.1. The van der Waals surface area contributed by atoms with Crippen molar-refractivity contribution < 1.29 is 9.59 Å². The molecule has 0 radical (unpaired) electrons. The molecule has 150 valence electrons. The van der Waals surface area contributed by atoms with Gasteiger partial charge in [0.1, 0.15) is 0 Å². The van der Waals surface area contributed by atoms with Crippen LogP contribution in [0.2, 0.25) is 10.0 Å². The Labute approximate surface area is 179 Å². The Kier molecular flexibility index (Phi) is 8.54. The van der Waals surface area contributed by atoms with Gasteiger partial charge >= 0.3 is 0 Å². The number of amides is 2. The summed E-state index contributed by atoms with van der Waals surface area (Å²) in [6, 6.07) is 6.69. The number of aryl methyl sites for hydroxylation is 2. The van der Waals surface area contributed by atoms with E-state index in [9.17, 15) is 9.59 Å². The summed E-state index contributed by atoms with van der Waals surface area (Å²) in [7, 11) is 0. The van der Waals surface area contributed by atoms with Gasteiger partial charge in [-0.1, -0.05) is 41.9 Å². The zero-order valence-electron chi connectivity index (χ0n) is 16.0. The molecule has 2 amide bonds. The molecule has 0 saturated carbocycles. The van der Waals surface area contributed by atoms with Crippen molar-refractivity contribution in [1.29, 1.82) is 0 Å². The maximum atomic E-state index is 12.6. The highest BCUT2D eigenvalue weighted by molar-refractivity contribution is 7.99. The maximum Gasteiger partial charge on any atom is 0.244 e. The fourth-order valence-electron chi connectivity index (χ4n) is 2.49. The molecule has 0 atom stereocenters. The summed E-state index contributed by atoms with van der Waals surface area (Å²) in [6.45, 7) is 6.15. The summed E-state index contributed by atoms with van der Waals surface area (Å²) in [6.07, 6.45) is 0.742. The van der Waals surface area contributed by atoms with Crippen molar-refractivity contribution in [3.63, 3.8) is 0 Å². The molecule has 2 rings (SSSR count). The van der Waals surface area contributed by atoms with Crippen LogP contribution in [0.25, 0.3) is 0 Å². The Balaban J connectivity index is 1.96. The van der Waals surface area contributed by atoms with Gasteiger partial charge in [0, 0.05) is 23.0 Å². The average molecular weight is 441 g/mol. The summed E-state index contributed by atoms with van der Waals surface area (Å²) in [5.41, 5.74) is 2.16. The number of aromatic nitrogens is 2. The predicted molar refractivity (Wildman–Crippen MR) is 114 cm³/mol. The number of thioether (sulfide) groups is 1. The Morgan fingerprint density at radius 2 is 1.82 bits per heavy atom. The molecular weight excluding hydrogens is 419 g/mol. The minimum absolute atomic E-state index is 0.0557. The lowest BCUT2D eigenvalue weighted by atomic mass is 10.3. The summed E-state index contributed by atoms with van der Waals surface area (Å²) in [5, 5.41) is 4.10. The quantitative estimate of drug-likeness (QED) is 0.487. The van der Waals surface area contributed by atoms with Crippen molar-refractivity contribution in [2.45, 2.75) is 32.3 Å². The highest BCUT2D eigenvalue weighted by Gasteiger charge is 2.18. The van der Waals surface area contributed by atoms with Crippen molar-refractivity contribution in [1.82, 2.24) is 14.9 Å². The number of nitrogens with zero attached hydrogens (tertiary/aromatic N) is 3. The molecule has 1 N–H and O–H groups in total. The van der Waals surface area contributed by atoms with Gasteiger partial charge in [-0.2, -0.15) is 0 Å². The van der Waals surface area contributed by atoms with E-state index in [4.69, 9.17) is 23.2 Å². The number of carbonyl (C=O) groups is 2. The van der Waals surface area contributed by atoms with E-state index in [0.29, 0.717) is 27.4 Å². The first-order valence-corrected chi connectivity index (χ1v) is 10.5. The highest BCUT2D eigenvalue weighted by Crippen LogP contribution is 2.25. The molecule has 0 spiro atoms. The summed E-state index contributed by atoms with van der Waals surface area (Å²) < 4.78 is 0. The normalized spacial score (nSPS) is 10.6. The van der Waals surface area contributed by atoms with E-state index in [0.717, 1.165) is 17.8 Å². The fourth-order valence-corrected chi connectivity index (χ4v) is 3.80. The third-order valence-electron chi connectivity index (χ3n) is 3.67. The van der Waals surface area contributed by atoms with Crippen LogP contribution in [0.4, 0.5) is 5.69 Å². The monoisotopic (exact) mass is 440 g/mol. The van der Waals surface area contributed by atoms with Gasteiger partial charge in [-0.3, -0.25) is 9.59 Å². The molecule has 0 fully saturated rings. The minimum atomic E-state index is -0.321. The molecule has 28 heavy (non-hydrogen) atoms. The van der Waals surface area contributed by atoms with Gasteiger partial charge in [0.2, 0.25) is 11.8 Å². The molecule has 9 heteroatoms. The van der Waals surface area contributed by atoms with E-state index in [1.54, 1.807) is 18.2 Å². The van der Waals surface area contributed by atoms with Gasteiger partial charge in [-0.05, 0) is 44.5 Å². The van der Waals surface area contributed by atoms with Crippen molar-refractivity contribution in [2.24, 2.45) is 0 Å². The number of rotatable bonds is 8. The molecule has 1 heterocycles. The van der Waals surface area contributed by atoms with Crippen molar-refractivity contribution in [2.75, 3.05) is 24.2 Å². The predicted octanol–water partition coefficient (Wildman–Crippen LogP) is 4.37. The van der Waals surface area contributed by atoms with Gasteiger partial charge < -0.3 is 10.2 Å². The van der Waals surface area contributed by atoms with Crippen LogP contribution in [0.1, 0.15) is 24.7 Å². The van der Waals surface area contributed by atoms with Crippen molar-refractivity contribution >= 4 is 52.5 Å². The van der Waals surface area contributed by atoms with Crippen LogP contribution < -0.4 is 5.32 Å². The van der Waals surface area contributed by atoms with Crippen LogP contribution in [-0.4, -0.2) is 45.5 Å². The second kappa shape index (κ2) is 10.6. The Morgan fingerprint density at radius 3 is 2.43 bits per heavy atom. The Morgan fingerprint density at radius 1 is 1.14 bits per heavy atom. The second-order valence-electron chi connectivity index (χ2n) is 6.21. The zero-order valence-corrected chi connectivity index (χ0v) is 18.3. The van der Waals surface area contributed by atoms with E-state index in [2.05, 4.69) is 15.3 Å². The number of carbonyl (C=O) groups excluding carboxylic acids is 2. The number of hydrogen-bond donors (Lipinski definition) is 1. The lowest BCUT2D eigenvalue weighted by Gasteiger charge is -2.21. The van der Waals surface area contributed by atoms with Crippen LogP contribution in [0.5, 0.6) is 0 Å². The smallest absolute Gasteiger partial charge is 0.244 e. The standard InChI is InChI=1S/C19H22Cl2N4O2S/c1-4-7-25(10-17(26)24-16-6-5-14(20)9-15(16)21)18(27)11-28-19-22-12(2)8-13(3)23-19/h5-6,8-9H,4,7,10-11H2,1-3H3,(H,24,26). The molecule has 1 aromatic carbocycles. The molecule has 0 unspecified atom stereocenters. The molecule has 0 saturated heterocycles. The number of anilines is 1. The SMILES string of the molecule is CCCN(CC(=O)Nc1ccc(Cl)cc1Cl)C(=O)CSc1nc(C)cc(C)n1. The highest BCUT2D eigenvalue weighted by atomic mass is 35.5. The Bertz CT molecular complexity index is 844. The molecule has 0 bridgehead atoms. The molecule has 2 aromatic rings. The van der Waals surface area contributed by atoms with Gasteiger partial charge in [0.15, 0.2) is 5.16 Å². The first kappa shape index (κ1) is 22.5. The van der Waals surface area contributed by atoms with Crippen LogP contribution >= 0.6 is 35.0 Å². The first-order chi connectivity index (χ1) is 13.3. The first-order valence-electron chi connectivity index (χ1n) is 8.76. The van der Waals surface area contributed by atoms with Crippen LogP contribution in [0.3, 0.4) is 0 Å². The second-order valence-corrected chi connectivity index (χ2v) is 8.00. The molecule has 6 nitrogen and oxygen atoms in total. The topological polar surface area (TPSA) is 75.2 Å². The lowest BCUT2D eigenvalue weighted by molar-refractivity contribution is -0.132. The van der Waals surface area contributed by atoms with Gasteiger partial charge in [-0.15, -0.1) is 0 Å². The molecular formula is C19H22Cl2N4O2S. The molecule has 1 aromatic heterocycles. The largest absolute Gasteiger partial charge is 0.333 e. The number of hydrogen-bond acceptors (Lipinski definition) is 5. The zero-order chi connectivity index (χ0) is 20.7. The lowest BCUT2D eigenvalue weighted by Crippen LogP contribution is -2.39. The summed E-state index contributed by atoms with van der Waals surface area (Å²) >= 11 is 13.2. The number of nitrogens with one attached hydrogen (secondary N) is 1. The van der Waals surface area contributed by atoms with E-state index in [-0.39, 0.29) is 24.1 Å². The van der Waals surface area contributed by atoms with E-state index < -0.39 is 0 Å². The van der Waals surface area contributed by atoms with Crippen LogP contribution in [0, 0.1) is 13.8 Å². The molecule has 0 aliphatic heterocycles. The van der Waals surface area contributed by atoms with Crippen molar-refractivity contribution in [3.05, 3.63) is 45.7 Å². The average Bonchev–Trinajstić information content (AvgIpc) is 2.61. The summed E-state index contributed by atoms with van der Waals surface area (Å²) in [5.74, 6) is -0.302. The van der Waals surface area contributed by atoms with Crippen LogP contribution in [-0.2, 0) is 9.59 Å². The number of benzene rings is 1. The van der Waals surface area contributed by atoms with Crippen LogP contribution in [0.15, 0.2) is 29.4 Å². The van der Waals surface area contributed by atoms with E-state index in [1.165, 1.54) is 16.7 Å². The molecule has 0 aliphatic rings. The number of halogens is 2. The van der Waals surface area contributed by atoms with Gasteiger partial charge in [-0.25, -0.2) is 9.97 Å². The van der Waals surface area contributed by atoms with E-state index in [1.807, 2.05) is 26.8 Å².